The van der Waals surface area contributed by atoms with E-state index in [1.807, 2.05) is 52.0 Å². The van der Waals surface area contributed by atoms with Crippen molar-refractivity contribution in [2.24, 2.45) is 0 Å². The number of carboxylic acid groups (broad SMARTS) is 2. The van der Waals surface area contributed by atoms with E-state index in [2.05, 4.69) is 13.8 Å². The summed E-state index contributed by atoms with van der Waals surface area (Å²) in [6.45, 7) is 16.3. The number of allylic oxidation sites excluding steroid dienone is 4. The van der Waals surface area contributed by atoms with Gasteiger partial charge in [0.1, 0.15) is 0 Å². The Balaban J connectivity index is 0.00000423. The van der Waals surface area contributed by atoms with Gasteiger partial charge in [0.15, 0.2) is 0 Å². The molecule has 0 saturated heterocycles. The molecule has 0 aliphatic carbocycles. The van der Waals surface area contributed by atoms with Crippen molar-refractivity contribution in [3.8, 4) is 0 Å². The molecule has 8 bridgehead atoms. The second-order valence-electron chi connectivity index (χ2n) is 10.8. The first kappa shape index (κ1) is 32.0. The summed E-state index contributed by atoms with van der Waals surface area (Å²) in [5.74, 6) is -1.78. The fourth-order valence-corrected chi connectivity index (χ4v) is 5.80. The molecular weight excluding hydrogens is 584 g/mol. The average molecular weight is 619 g/mol. The van der Waals surface area contributed by atoms with Gasteiger partial charge in [-0.15, -0.1) is 22.1 Å². The van der Waals surface area contributed by atoms with Crippen LogP contribution >= 0.6 is 0 Å². The van der Waals surface area contributed by atoms with Crippen molar-refractivity contribution in [2.45, 2.75) is 66.2 Å². The molecule has 0 unspecified atom stereocenters. The van der Waals surface area contributed by atoms with Crippen molar-refractivity contribution in [3.05, 3.63) is 83.1 Å². The minimum atomic E-state index is -0.891. The van der Waals surface area contributed by atoms with Crippen LogP contribution in [0.1, 0.15) is 84.6 Å². The van der Waals surface area contributed by atoms with Crippen molar-refractivity contribution in [1.82, 2.24) is 19.9 Å². The Morgan fingerprint density at radius 1 is 0.651 bits per heavy atom. The number of rotatable bonds is 8. The van der Waals surface area contributed by atoms with Crippen molar-refractivity contribution in [3.63, 3.8) is 0 Å². The molecule has 2 aliphatic heterocycles. The Morgan fingerprint density at radius 3 is 1.65 bits per heavy atom. The summed E-state index contributed by atoms with van der Waals surface area (Å²) in [6, 6.07) is 7.75. The van der Waals surface area contributed by atoms with E-state index in [0.717, 1.165) is 67.0 Å². The number of carboxylic acids is 2. The molecule has 8 nitrogen and oxygen atoms in total. The molecule has 224 valence electrons. The summed E-state index contributed by atoms with van der Waals surface area (Å²) in [5, 5.41) is 18.9. The first-order chi connectivity index (χ1) is 20.0. The molecule has 0 aromatic carbocycles. The zero-order valence-electron chi connectivity index (χ0n) is 24.8. The van der Waals surface area contributed by atoms with Gasteiger partial charge in [0.25, 0.3) is 0 Å². The van der Waals surface area contributed by atoms with Gasteiger partial charge in [-0.25, -0.2) is 9.97 Å². The minimum absolute atomic E-state index is 0. The maximum atomic E-state index is 11.5. The van der Waals surface area contributed by atoms with Crippen LogP contribution in [-0.4, -0.2) is 32.1 Å². The Bertz CT molecular complexity index is 1860. The number of aromatic nitrogens is 4. The number of aryl methyl sites for hydroxylation is 3. The predicted molar refractivity (Wildman–Crippen MR) is 165 cm³/mol. The largest absolute Gasteiger partial charge is 2.00 e. The topological polar surface area (TPSA) is 129 Å². The van der Waals surface area contributed by atoms with Crippen LogP contribution in [0, 0.1) is 27.7 Å². The zero-order valence-corrected chi connectivity index (χ0v) is 25.9. The zero-order chi connectivity index (χ0) is 30.3. The molecule has 2 N–H and O–H groups in total. The molecule has 3 aromatic rings. The van der Waals surface area contributed by atoms with Crippen LogP contribution in [-0.2, 0) is 39.5 Å². The third-order valence-electron chi connectivity index (χ3n) is 8.32. The minimum Gasteiger partial charge on any atom is -0.657 e. The van der Waals surface area contributed by atoms with Gasteiger partial charge in [0.2, 0.25) is 0 Å². The first-order valence-electron chi connectivity index (χ1n) is 14.1. The normalized spacial score (nSPS) is 13.0. The van der Waals surface area contributed by atoms with E-state index in [-0.39, 0.29) is 29.9 Å². The number of aliphatic carboxylic acids is 2. The standard InChI is InChI=1S/C34H36N4O4.Fe/c1-7-21-17(3)25-13-26-19(5)23(9-11-33(39)40)31(37-26)16-32-24(10-12-34(41)42)20(6)28(38-32)15-30-22(8-2)18(4)27(36-30)14-29(21)35-25;/h13-16H,1-2,7-12H2,3-6H3,(H4,35,36,37,38,39,40,41,42);/q-2;+2/p-2. The summed E-state index contributed by atoms with van der Waals surface area (Å²) >= 11 is 0. The molecule has 3 aromatic heterocycles. The molecule has 0 saturated carbocycles. The van der Waals surface area contributed by atoms with Crippen LogP contribution in [0.15, 0.2) is 24.3 Å². The summed E-state index contributed by atoms with van der Waals surface area (Å²) in [4.78, 5) is 42.9. The number of carbonyl (C=O) groups is 2. The summed E-state index contributed by atoms with van der Waals surface area (Å²) in [5.41, 5.74) is 13.4. The van der Waals surface area contributed by atoms with E-state index < -0.39 is 11.9 Å². The molecule has 5 heterocycles. The van der Waals surface area contributed by atoms with Crippen LogP contribution in [0.3, 0.4) is 0 Å². The van der Waals surface area contributed by atoms with Crippen LogP contribution in [0.4, 0.5) is 0 Å². The van der Waals surface area contributed by atoms with Crippen molar-refractivity contribution < 1.29 is 36.9 Å². The molecule has 0 atom stereocenters. The Labute approximate surface area is 261 Å². The number of hydrogen-bond donors (Lipinski definition) is 2. The third-order valence-corrected chi connectivity index (χ3v) is 8.32. The van der Waals surface area contributed by atoms with Crippen LogP contribution in [0.5, 0.6) is 0 Å². The molecule has 43 heavy (non-hydrogen) atoms. The van der Waals surface area contributed by atoms with Crippen molar-refractivity contribution in [1.29, 1.82) is 0 Å². The monoisotopic (exact) mass is 618 g/mol. The second-order valence-corrected chi connectivity index (χ2v) is 10.8. The van der Waals surface area contributed by atoms with Gasteiger partial charge in [0, 0.05) is 12.8 Å². The molecular formula is C34H34FeN4O4-2. The maximum absolute atomic E-state index is 11.5. The van der Waals surface area contributed by atoms with Gasteiger partial charge in [-0.05, 0) is 62.8 Å². The predicted octanol–water partition coefficient (Wildman–Crippen LogP) is 6.53. The molecule has 5 rings (SSSR count). The van der Waals surface area contributed by atoms with E-state index in [1.165, 1.54) is 0 Å². The van der Waals surface area contributed by atoms with Gasteiger partial charge in [-0.3, -0.25) is 9.59 Å². The fourth-order valence-electron chi connectivity index (χ4n) is 5.80. The average Bonchev–Trinajstić information content (AvgIpc) is 3.59. The Morgan fingerprint density at radius 2 is 1.09 bits per heavy atom. The van der Waals surface area contributed by atoms with Gasteiger partial charge < -0.3 is 34.0 Å². The number of hydrogen-bond acceptors (Lipinski definition) is 4. The molecule has 0 fully saturated rings. The quantitative estimate of drug-likeness (QED) is 0.215. The second kappa shape index (κ2) is 12.7. The molecule has 0 radical (unpaired) electrons. The van der Waals surface area contributed by atoms with Gasteiger partial charge in [-0.2, -0.15) is 12.8 Å². The van der Waals surface area contributed by atoms with Crippen LogP contribution in [0.2, 0.25) is 0 Å². The SMILES string of the molecule is [CH2-]CC1=C(C)c2cc3[n-]c(cc4nc(cc5[n-]c(cc1n2)c(C)c5C[CH2-])C(C)=C4CCC(=O)O)c(CCC(=O)O)c3C.[Fe+2]. The first-order valence-corrected chi connectivity index (χ1v) is 14.1. The van der Waals surface area contributed by atoms with Crippen LogP contribution < -0.4 is 9.97 Å². The van der Waals surface area contributed by atoms with Gasteiger partial charge >= 0.3 is 29.0 Å². The summed E-state index contributed by atoms with van der Waals surface area (Å²) in [6.07, 6.45) is 1.64. The van der Waals surface area contributed by atoms with E-state index >= 15 is 0 Å². The fraction of sp³-hybridized carbons (Fsp3) is 0.294. The van der Waals surface area contributed by atoms with Crippen molar-refractivity contribution in [2.75, 3.05) is 0 Å². The molecule has 9 heteroatoms. The van der Waals surface area contributed by atoms with Gasteiger partial charge in [0.05, 0.1) is 22.8 Å². The number of nitrogens with zero attached hydrogens (tertiary/aromatic N) is 4. The molecule has 0 spiro atoms. The van der Waals surface area contributed by atoms with Crippen molar-refractivity contribution >= 4 is 56.3 Å². The third kappa shape index (κ3) is 6.10. The molecule has 0 amide bonds. The maximum Gasteiger partial charge on any atom is 2.00 e. The Kier molecular flexibility index (Phi) is 9.47. The van der Waals surface area contributed by atoms with E-state index in [0.29, 0.717) is 48.1 Å². The van der Waals surface area contributed by atoms with E-state index in [9.17, 15) is 19.8 Å². The van der Waals surface area contributed by atoms with Crippen LogP contribution in [0.25, 0.3) is 44.4 Å². The van der Waals surface area contributed by atoms with E-state index in [4.69, 9.17) is 19.9 Å². The Hall–Kier alpha value is -3.94. The summed E-state index contributed by atoms with van der Waals surface area (Å²) < 4.78 is 0. The van der Waals surface area contributed by atoms with E-state index in [1.54, 1.807) is 0 Å². The summed E-state index contributed by atoms with van der Waals surface area (Å²) in [7, 11) is 0. The number of fused-ring (bicyclic) bond motifs is 8. The smallest absolute Gasteiger partial charge is 0.657 e. The van der Waals surface area contributed by atoms with Gasteiger partial charge in [-0.1, -0.05) is 46.5 Å². The molecule has 2 aliphatic rings.